The molecule has 0 saturated carbocycles. The second-order valence-corrected chi connectivity index (χ2v) is 8.50. The van der Waals surface area contributed by atoms with Gasteiger partial charge in [-0.15, -0.1) is 0 Å². The minimum Gasteiger partial charge on any atom is -0.372 e. The SMILES string of the molecule is CC1CN(c2cc(SCC(=O)Nc3cc(C(F)(F)F)cc(C(F)(F)F)c3)ncn2)CC(C)O1. The van der Waals surface area contributed by atoms with Gasteiger partial charge in [0.1, 0.15) is 17.2 Å². The van der Waals surface area contributed by atoms with Gasteiger partial charge in [0, 0.05) is 24.8 Å². The Morgan fingerprint density at radius 3 is 2.15 bits per heavy atom. The summed E-state index contributed by atoms with van der Waals surface area (Å²) < 4.78 is 83.5. The predicted octanol–water partition coefficient (Wildman–Crippen LogP) is 4.86. The summed E-state index contributed by atoms with van der Waals surface area (Å²) >= 11 is 0.982. The zero-order valence-corrected chi connectivity index (χ0v) is 18.3. The van der Waals surface area contributed by atoms with Gasteiger partial charge in [-0.1, -0.05) is 11.8 Å². The van der Waals surface area contributed by atoms with Crippen LogP contribution in [0.25, 0.3) is 0 Å². The number of nitrogens with zero attached hydrogens (tertiary/aromatic N) is 3. The van der Waals surface area contributed by atoms with Gasteiger partial charge in [0.05, 0.1) is 29.1 Å². The molecule has 2 unspecified atom stereocenters. The topological polar surface area (TPSA) is 67.4 Å². The van der Waals surface area contributed by atoms with Gasteiger partial charge in [0.25, 0.3) is 0 Å². The molecule has 2 heterocycles. The lowest BCUT2D eigenvalue weighted by Gasteiger charge is -2.36. The Morgan fingerprint density at radius 1 is 1.03 bits per heavy atom. The van der Waals surface area contributed by atoms with Crippen LogP contribution in [0.1, 0.15) is 25.0 Å². The van der Waals surface area contributed by atoms with E-state index in [9.17, 15) is 31.1 Å². The van der Waals surface area contributed by atoms with Crippen LogP contribution < -0.4 is 10.2 Å². The second kappa shape index (κ2) is 9.75. The molecular formula is C20H20F6N4O2S. The molecule has 0 aliphatic carbocycles. The maximum Gasteiger partial charge on any atom is 0.416 e. The molecule has 1 saturated heterocycles. The number of thioether (sulfide) groups is 1. The average Bonchev–Trinajstić information content (AvgIpc) is 2.70. The van der Waals surface area contributed by atoms with E-state index >= 15 is 0 Å². The Kier molecular flexibility index (Phi) is 7.42. The van der Waals surface area contributed by atoms with Gasteiger partial charge < -0.3 is 15.0 Å². The highest BCUT2D eigenvalue weighted by atomic mass is 32.2. The van der Waals surface area contributed by atoms with Gasteiger partial charge in [0.15, 0.2) is 0 Å². The van der Waals surface area contributed by atoms with E-state index in [1.807, 2.05) is 18.7 Å². The summed E-state index contributed by atoms with van der Waals surface area (Å²) in [5, 5.41) is 2.53. The van der Waals surface area contributed by atoms with E-state index in [2.05, 4.69) is 15.3 Å². The molecule has 1 aromatic heterocycles. The molecule has 1 aliphatic rings. The van der Waals surface area contributed by atoms with E-state index in [4.69, 9.17) is 4.74 Å². The first-order valence-electron chi connectivity index (χ1n) is 9.76. The lowest BCUT2D eigenvalue weighted by Crippen LogP contribution is -2.45. The van der Waals surface area contributed by atoms with Crippen molar-refractivity contribution in [2.45, 2.75) is 43.4 Å². The Morgan fingerprint density at radius 2 is 1.61 bits per heavy atom. The fraction of sp³-hybridized carbons (Fsp3) is 0.450. The molecule has 6 nitrogen and oxygen atoms in total. The fourth-order valence-electron chi connectivity index (χ4n) is 3.31. The van der Waals surface area contributed by atoms with Gasteiger partial charge >= 0.3 is 12.4 Å². The van der Waals surface area contributed by atoms with Crippen LogP contribution in [0.3, 0.4) is 0 Å². The minimum atomic E-state index is -5.00. The number of alkyl halides is 6. The number of amides is 1. The van der Waals surface area contributed by atoms with E-state index < -0.39 is 35.1 Å². The molecule has 2 atom stereocenters. The first kappa shape index (κ1) is 25.1. The van der Waals surface area contributed by atoms with Crippen molar-refractivity contribution in [1.29, 1.82) is 0 Å². The third-order valence-corrected chi connectivity index (χ3v) is 5.52. The summed E-state index contributed by atoms with van der Waals surface area (Å²) in [6.07, 6.45) is -8.68. The first-order valence-corrected chi connectivity index (χ1v) is 10.7. The summed E-state index contributed by atoms with van der Waals surface area (Å²) in [7, 11) is 0. The summed E-state index contributed by atoms with van der Waals surface area (Å²) in [6, 6.07) is 2.58. The van der Waals surface area contributed by atoms with Crippen LogP contribution in [0.2, 0.25) is 0 Å². The molecular weight excluding hydrogens is 474 g/mol. The van der Waals surface area contributed by atoms with Gasteiger partial charge in [0.2, 0.25) is 5.91 Å². The van der Waals surface area contributed by atoms with E-state index in [1.54, 1.807) is 6.07 Å². The number of carbonyl (C=O) groups is 1. The Bertz CT molecular complexity index is 959. The molecule has 1 fully saturated rings. The van der Waals surface area contributed by atoms with Crippen LogP contribution in [0.15, 0.2) is 35.6 Å². The molecule has 180 valence electrons. The highest BCUT2D eigenvalue weighted by Gasteiger charge is 2.37. The molecule has 1 N–H and O–H groups in total. The number of nitrogens with one attached hydrogen (secondary N) is 1. The maximum atomic E-state index is 13.0. The molecule has 3 rings (SSSR count). The molecule has 0 bridgehead atoms. The van der Waals surface area contributed by atoms with Crippen LogP contribution >= 0.6 is 11.8 Å². The number of hydrogen-bond acceptors (Lipinski definition) is 6. The van der Waals surface area contributed by atoms with E-state index in [0.29, 0.717) is 36.1 Å². The number of rotatable bonds is 5. The van der Waals surface area contributed by atoms with Crippen LogP contribution in [-0.4, -0.2) is 46.9 Å². The predicted molar refractivity (Wildman–Crippen MR) is 110 cm³/mol. The van der Waals surface area contributed by atoms with Crippen molar-refractivity contribution in [2.75, 3.05) is 29.1 Å². The third-order valence-electron chi connectivity index (χ3n) is 4.59. The first-order chi connectivity index (χ1) is 15.3. The molecule has 13 heteroatoms. The minimum absolute atomic E-state index is 0.000172. The number of halogens is 6. The normalized spacial score (nSPS) is 19.5. The fourth-order valence-corrected chi connectivity index (χ4v) is 3.97. The number of morpholine rings is 1. The lowest BCUT2D eigenvalue weighted by atomic mass is 10.1. The van der Waals surface area contributed by atoms with Gasteiger partial charge in [-0.25, -0.2) is 9.97 Å². The van der Waals surface area contributed by atoms with Crippen LogP contribution in [0, 0.1) is 0 Å². The molecule has 1 amide bonds. The molecule has 0 spiro atoms. The second-order valence-electron chi connectivity index (χ2n) is 7.51. The average molecular weight is 494 g/mol. The summed E-state index contributed by atoms with van der Waals surface area (Å²) in [6.45, 7) is 5.09. The van der Waals surface area contributed by atoms with Crippen LogP contribution in [-0.2, 0) is 21.9 Å². The van der Waals surface area contributed by atoms with Crippen molar-refractivity contribution in [3.8, 4) is 0 Å². The molecule has 33 heavy (non-hydrogen) atoms. The monoisotopic (exact) mass is 494 g/mol. The number of hydrogen-bond donors (Lipinski definition) is 1. The zero-order chi connectivity index (χ0) is 24.4. The van der Waals surface area contributed by atoms with Crippen molar-refractivity contribution in [2.24, 2.45) is 0 Å². The standard InChI is InChI=1S/C20H20F6N4O2S/c1-11-7-30(8-12(2)32-11)16-6-18(28-10-27-16)33-9-17(31)29-15-4-13(19(21,22)23)3-14(5-15)20(24,25)26/h3-6,10-12H,7-9H2,1-2H3,(H,29,31). The van der Waals surface area contributed by atoms with Crippen LogP contribution in [0.5, 0.6) is 0 Å². The van der Waals surface area contributed by atoms with Crippen molar-refractivity contribution in [3.63, 3.8) is 0 Å². The highest BCUT2D eigenvalue weighted by molar-refractivity contribution is 7.99. The smallest absolute Gasteiger partial charge is 0.372 e. The molecule has 2 aromatic rings. The molecule has 1 aliphatic heterocycles. The number of carbonyl (C=O) groups excluding carboxylic acids is 1. The summed E-state index contributed by atoms with van der Waals surface area (Å²) in [5.41, 5.74) is -3.60. The van der Waals surface area contributed by atoms with Gasteiger partial charge in [-0.3, -0.25) is 4.79 Å². The number of benzene rings is 1. The van der Waals surface area contributed by atoms with Gasteiger partial charge in [-0.05, 0) is 32.0 Å². The van der Waals surface area contributed by atoms with Gasteiger partial charge in [-0.2, -0.15) is 26.3 Å². The Balaban J connectivity index is 1.67. The van der Waals surface area contributed by atoms with E-state index in [-0.39, 0.29) is 24.0 Å². The summed E-state index contributed by atoms with van der Waals surface area (Å²) in [5.74, 6) is -0.423. The Labute approximate surface area is 189 Å². The van der Waals surface area contributed by atoms with E-state index in [1.165, 1.54) is 6.33 Å². The third kappa shape index (κ3) is 6.97. The molecule has 0 radical (unpaired) electrons. The number of aromatic nitrogens is 2. The Hall–Kier alpha value is -2.54. The van der Waals surface area contributed by atoms with Crippen molar-refractivity contribution in [1.82, 2.24) is 9.97 Å². The van der Waals surface area contributed by atoms with Crippen molar-refractivity contribution >= 4 is 29.2 Å². The lowest BCUT2D eigenvalue weighted by molar-refractivity contribution is -0.143. The largest absolute Gasteiger partial charge is 0.416 e. The van der Waals surface area contributed by atoms with Crippen LogP contribution in [0.4, 0.5) is 37.8 Å². The molecule has 1 aromatic carbocycles. The number of anilines is 2. The number of ether oxygens (including phenoxy) is 1. The highest BCUT2D eigenvalue weighted by Crippen LogP contribution is 2.37. The van der Waals surface area contributed by atoms with Crippen molar-refractivity contribution < 1.29 is 35.9 Å². The van der Waals surface area contributed by atoms with E-state index in [0.717, 1.165) is 11.8 Å². The maximum absolute atomic E-state index is 13.0. The summed E-state index contributed by atoms with van der Waals surface area (Å²) in [4.78, 5) is 22.5. The zero-order valence-electron chi connectivity index (χ0n) is 17.5. The quantitative estimate of drug-likeness (QED) is 0.364. The van der Waals surface area contributed by atoms with Crippen molar-refractivity contribution in [3.05, 3.63) is 41.7 Å².